The van der Waals surface area contributed by atoms with Crippen molar-refractivity contribution in [3.05, 3.63) is 77.4 Å². The number of allylic oxidation sites excluding steroid dienone is 2. The van der Waals surface area contributed by atoms with Crippen LogP contribution < -0.4 is 20.5 Å². The maximum atomic E-state index is 13.6. The van der Waals surface area contributed by atoms with Gasteiger partial charge in [0.2, 0.25) is 5.95 Å². The van der Waals surface area contributed by atoms with Crippen molar-refractivity contribution < 1.29 is 9.53 Å². The molecule has 224 valence electrons. The number of benzene rings is 2. The number of nitrogens with zero attached hydrogens (tertiary/aromatic N) is 7. The van der Waals surface area contributed by atoms with Crippen molar-refractivity contribution in [3.63, 3.8) is 0 Å². The molecule has 2 aromatic carbocycles. The number of anilines is 3. The lowest BCUT2D eigenvalue weighted by Gasteiger charge is -2.30. The van der Waals surface area contributed by atoms with E-state index in [4.69, 9.17) is 9.72 Å². The highest BCUT2D eigenvalue weighted by Gasteiger charge is 2.27. The Labute approximate surface area is 253 Å². The van der Waals surface area contributed by atoms with Gasteiger partial charge in [-0.05, 0) is 81.2 Å². The highest BCUT2D eigenvalue weighted by molar-refractivity contribution is 5.98. The molecule has 1 amide bonds. The van der Waals surface area contributed by atoms with E-state index in [1.807, 2.05) is 35.0 Å². The average Bonchev–Trinajstić information content (AvgIpc) is 3.76. The number of nitrogens with one attached hydrogen (secondary N) is 1. The maximum absolute atomic E-state index is 13.6. The van der Waals surface area contributed by atoms with Crippen molar-refractivity contribution in [3.8, 4) is 11.4 Å². The van der Waals surface area contributed by atoms with E-state index in [9.17, 15) is 9.59 Å². The van der Waals surface area contributed by atoms with Crippen molar-refractivity contribution in [2.75, 3.05) is 43.0 Å². The zero-order valence-electron chi connectivity index (χ0n) is 24.5. The van der Waals surface area contributed by atoms with Crippen LogP contribution in [-0.4, -0.2) is 67.5 Å². The minimum atomic E-state index is -0.174. The summed E-state index contributed by atoms with van der Waals surface area (Å²) in [6.07, 6.45) is 12.0. The minimum absolute atomic E-state index is 0.0245. The number of aromatic nitrogens is 5. The molecular weight excluding hydrogens is 556 g/mol. The molecule has 11 heteroatoms. The van der Waals surface area contributed by atoms with Gasteiger partial charge in [-0.25, -0.2) is 14.3 Å². The van der Waals surface area contributed by atoms with Gasteiger partial charge in [0.1, 0.15) is 11.1 Å². The van der Waals surface area contributed by atoms with E-state index in [2.05, 4.69) is 50.2 Å². The molecule has 0 aliphatic carbocycles. The summed E-state index contributed by atoms with van der Waals surface area (Å²) in [6, 6.07) is 14.1. The quantitative estimate of drug-likeness (QED) is 0.302. The van der Waals surface area contributed by atoms with E-state index in [1.54, 1.807) is 15.8 Å². The molecule has 6 heterocycles. The Balaban J connectivity index is 1.15. The van der Waals surface area contributed by atoms with Crippen LogP contribution >= 0.6 is 0 Å². The topological polar surface area (TPSA) is 102 Å². The van der Waals surface area contributed by atoms with Crippen LogP contribution in [0.3, 0.4) is 0 Å². The summed E-state index contributed by atoms with van der Waals surface area (Å²) in [6.45, 7) is 5.46. The van der Waals surface area contributed by atoms with Gasteiger partial charge in [0.15, 0.2) is 12.3 Å². The van der Waals surface area contributed by atoms with Crippen molar-refractivity contribution in [1.29, 1.82) is 0 Å². The van der Waals surface area contributed by atoms with Crippen molar-refractivity contribution in [2.45, 2.75) is 38.8 Å². The number of rotatable bonds is 5. The highest BCUT2D eigenvalue weighted by Crippen LogP contribution is 2.35. The number of fused-ring (bicyclic) bond motifs is 6. The third kappa shape index (κ3) is 4.73. The Hall–Kier alpha value is -4.90. The minimum Gasteiger partial charge on any atom is -0.482 e. The van der Waals surface area contributed by atoms with Gasteiger partial charge in [-0.15, -0.1) is 0 Å². The summed E-state index contributed by atoms with van der Waals surface area (Å²) in [7, 11) is 0. The summed E-state index contributed by atoms with van der Waals surface area (Å²) in [5.74, 6) is 0.979. The van der Waals surface area contributed by atoms with E-state index in [0.29, 0.717) is 41.5 Å². The molecule has 3 aliphatic rings. The number of carbonyl (C=O) groups excluding carboxylic acids is 1. The third-order valence-electron chi connectivity index (χ3n) is 8.89. The molecule has 3 aromatic heterocycles. The highest BCUT2D eigenvalue weighted by atomic mass is 16.5. The molecule has 0 unspecified atom stereocenters. The molecule has 0 atom stereocenters. The maximum Gasteiger partial charge on any atom is 0.278 e. The van der Waals surface area contributed by atoms with Gasteiger partial charge in [0, 0.05) is 48.6 Å². The first-order chi connectivity index (χ1) is 21.6. The first kappa shape index (κ1) is 26.7. The van der Waals surface area contributed by atoms with Gasteiger partial charge in [0.05, 0.1) is 17.9 Å². The van der Waals surface area contributed by atoms with Crippen LogP contribution in [0.15, 0.2) is 71.8 Å². The number of likely N-dealkylation sites (tertiary alicyclic amines) is 1. The number of ether oxygens (including phenoxy) is 1. The van der Waals surface area contributed by atoms with Crippen LogP contribution in [0.25, 0.3) is 27.6 Å². The summed E-state index contributed by atoms with van der Waals surface area (Å²) in [5, 5.41) is 4.92. The number of hydrogen-bond acceptors (Lipinski definition) is 7. The fourth-order valence-corrected chi connectivity index (χ4v) is 6.60. The van der Waals surface area contributed by atoms with Gasteiger partial charge in [0.25, 0.3) is 11.5 Å². The Kier molecular flexibility index (Phi) is 6.67. The Morgan fingerprint density at radius 3 is 2.75 bits per heavy atom. The average molecular weight is 591 g/mol. The van der Waals surface area contributed by atoms with E-state index >= 15 is 0 Å². The van der Waals surface area contributed by atoms with E-state index < -0.39 is 0 Å². The lowest BCUT2D eigenvalue weighted by molar-refractivity contribution is -0.121. The first-order valence-electron chi connectivity index (χ1n) is 15.4. The van der Waals surface area contributed by atoms with E-state index in [1.165, 1.54) is 31.4 Å². The fourth-order valence-electron chi connectivity index (χ4n) is 6.60. The van der Waals surface area contributed by atoms with Gasteiger partial charge in [-0.3, -0.25) is 9.59 Å². The predicted molar refractivity (Wildman–Crippen MR) is 170 cm³/mol. The third-order valence-corrected chi connectivity index (χ3v) is 8.89. The van der Waals surface area contributed by atoms with Crippen LogP contribution in [0.1, 0.15) is 25.7 Å². The van der Waals surface area contributed by atoms with Crippen molar-refractivity contribution in [1.82, 2.24) is 28.8 Å². The van der Waals surface area contributed by atoms with E-state index in [-0.39, 0.29) is 18.1 Å². The molecule has 8 rings (SSSR count). The molecule has 0 spiro atoms. The molecular formula is C33H34N8O3. The molecule has 1 saturated heterocycles. The van der Waals surface area contributed by atoms with Crippen LogP contribution in [-0.2, 0) is 17.9 Å². The zero-order valence-corrected chi connectivity index (χ0v) is 24.5. The molecule has 3 aliphatic heterocycles. The Morgan fingerprint density at radius 1 is 0.932 bits per heavy atom. The Morgan fingerprint density at radius 2 is 1.84 bits per heavy atom. The molecule has 5 aromatic rings. The SMILES string of the molecule is O=C1COc2ccc3cc2N1CCCC=CCn1c(=O)c2cnc(Nc4ccc5c(ccn5CCN5CCCC5)c4)nc2n1-3. The zero-order chi connectivity index (χ0) is 29.6. The molecule has 2 bridgehead atoms. The lowest BCUT2D eigenvalue weighted by atomic mass is 10.1. The first-order valence-corrected chi connectivity index (χ1v) is 15.4. The van der Waals surface area contributed by atoms with Gasteiger partial charge in [-0.2, -0.15) is 4.98 Å². The molecule has 1 fully saturated rings. The smallest absolute Gasteiger partial charge is 0.278 e. The summed E-state index contributed by atoms with van der Waals surface area (Å²) in [4.78, 5) is 40.1. The Bertz CT molecular complexity index is 1980. The molecule has 0 saturated carbocycles. The number of carbonyl (C=O) groups is 1. The van der Waals surface area contributed by atoms with Gasteiger partial charge >= 0.3 is 0 Å². The number of amides is 1. The molecule has 0 radical (unpaired) electrons. The van der Waals surface area contributed by atoms with Crippen molar-refractivity contribution >= 4 is 45.2 Å². The van der Waals surface area contributed by atoms with E-state index in [0.717, 1.165) is 42.7 Å². The second kappa shape index (κ2) is 11.0. The molecule has 1 N–H and O–H groups in total. The second-order valence-electron chi connectivity index (χ2n) is 11.7. The number of hydrogen-bond donors (Lipinski definition) is 1. The standard InChI is InChI=1S/C33H34N8O3/c42-30-22-44-29-10-8-25-20-28(29)39(30)14-3-1-2-4-15-40-32(43)26-21-34-33(36-31(26)41(25)40)35-24-7-9-27-23(19-24)11-16-38(27)18-17-37-12-5-6-13-37/h2,4,7-11,16,19-21H,1,3,5-6,12-15,17-18,22H2,(H,34,35,36). The summed E-state index contributed by atoms with van der Waals surface area (Å²) >= 11 is 0. The van der Waals surface area contributed by atoms with Crippen molar-refractivity contribution in [2.24, 2.45) is 0 Å². The second-order valence-corrected chi connectivity index (χ2v) is 11.7. The largest absolute Gasteiger partial charge is 0.482 e. The van der Waals surface area contributed by atoms with Crippen LogP contribution in [0.2, 0.25) is 0 Å². The van der Waals surface area contributed by atoms with Gasteiger partial charge < -0.3 is 24.4 Å². The predicted octanol–water partition coefficient (Wildman–Crippen LogP) is 4.45. The normalized spacial score (nSPS) is 17.0. The van der Waals surface area contributed by atoms with Gasteiger partial charge in [-0.1, -0.05) is 12.2 Å². The molecule has 44 heavy (non-hydrogen) atoms. The monoisotopic (exact) mass is 590 g/mol. The van der Waals surface area contributed by atoms with Crippen LogP contribution in [0.4, 0.5) is 17.3 Å². The lowest BCUT2D eigenvalue weighted by Crippen LogP contribution is -2.39. The fraction of sp³-hybridized carbons (Fsp3) is 0.333. The van der Waals surface area contributed by atoms with Crippen LogP contribution in [0.5, 0.6) is 5.75 Å². The molecule has 11 nitrogen and oxygen atoms in total. The van der Waals surface area contributed by atoms with Crippen LogP contribution in [0, 0.1) is 0 Å². The summed E-state index contributed by atoms with van der Waals surface area (Å²) < 4.78 is 11.5. The summed E-state index contributed by atoms with van der Waals surface area (Å²) in [5.41, 5.74) is 3.80.